The van der Waals surface area contributed by atoms with E-state index in [-0.39, 0.29) is 11.6 Å². The number of sulfonamides is 1. The summed E-state index contributed by atoms with van der Waals surface area (Å²) < 4.78 is 50.2. The summed E-state index contributed by atoms with van der Waals surface area (Å²) in [5.41, 5.74) is 0. The molecule has 0 fully saturated rings. The van der Waals surface area contributed by atoms with Gasteiger partial charge in [-0.25, -0.2) is 12.8 Å². The predicted octanol–water partition coefficient (Wildman–Crippen LogP) is 2.71. The number of nitrogens with one attached hydrogen (secondary N) is 1. The van der Waals surface area contributed by atoms with Crippen molar-refractivity contribution >= 4 is 15.8 Å². The van der Waals surface area contributed by atoms with Crippen LogP contribution < -0.4 is 9.46 Å². The van der Waals surface area contributed by atoms with E-state index in [0.29, 0.717) is 12.4 Å². The van der Waals surface area contributed by atoms with Crippen molar-refractivity contribution in [3.05, 3.63) is 35.8 Å². The minimum Gasteiger partial charge on any atom is -0.494 e. The van der Waals surface area contributed by atoms with Crippen LogP contribution in [0.4, 0.5) is 10.2 Å². The van der Waals surface area contributed by atoms with Gasteiger partial charge < -0.3 is 9.26 Å². The highest BCUT2D eigenvalue weighted by Crippen LogP contribution is 2.23. The lowest BCUT2D eigenvalue weighted by atomic mass is 10.3. The second-order valence-electron chi connectivity index (χ2n) is 4.37. The highest BCUT2D eigenvalue weighted by molar-refractivity contribution is 7.92. The maximum absolute atomic E-state index is 13.9. The third-order valence-electron chi connectivity index (χ3n) is 2.53. The summed E-state index contributed by atoms with van der Waals surface area (Å²) in [5, 5.41) is 3.50. The average molecular weight is 314 g/mol. The van der Waals surface area contributed by atoms with Crippen molar-refractivity contribution in [2.24, 2.45) is 0 Å². The first-order valence-electron chi connectivity index (χ1n) is 6.31. The molecule has 1 aromatic heterocycles. The van der Waals surface area contributed by atoms with Gasteiger partial charge in [0.2, 0.25) is 0 Å². The zero-order chi connectivity index (χ0) is 15.5. The molecule has 0 unspecified atom stereocenters. The number of halogens is 1. The van der Waals surface area contributed by atoms with Crippen molar-refractivity contribution < 1.29 is 22.1 Å². The van der Waals surface area contributed by atoms with Gasteiger partial charge in [0.05, 0.1) is 6.61 Å². The number of anilines is 1. The molecule has 8 heteroatoms. The molecular weight excluding hydrogens is 299 g/mol. The van der Waals surface area contributed by atoms with Crippen LogP contribution >= 0.6 is 0 Å². The van der Waals surface area contributed by atoms with E-state index in [1.54, 1.807) is 6.92 Å². The molecule has 0 atom stereocenters. The topological polar surface area (TPSA) is 81.4 Å². The third-order valence-corrected chi connectivity index (χ3v) is 3.92. The summed E-state index contributed by atoms with van der Waals surface area (Å²) in [6.45, 7) is 3.96. The Balaban J connectivity index is 2.23. The Hall–Kier alpha value is -2.09. The number of hydrogen-bond acceptors (Lipinski definition) is 5. The molecule has 0 spiro atoms. The lowest BCUT2D eigenvalue weighted by Crippen LogP contribution is -2.15. The number of nitrogens with zero attached hydrogens (tertiary/aromatic N) is 1. The quantitative estimate of drug-likeness (QED) is 0.886. The molecule has 0 saturated carbocycles. The highest BCUT2D eigenvalue weighted by Gasteiger charge is 2.21. The van der Waals surface area contributed by atoms with Gasteiger partial charge in [0.15, 0.2) is 5.82 Å². The summed E-state index contributed by atoms with van der Waals surface area (Å²) >= 11 is 0. The van der Waals surface area contributed by atoms with E-state index in [1.807, 2.05) is 6.92 Å². The second kappa shape index (κ2) is 6.13. The summed E-state index contributed by atoms with van der Waals surface area (Å²) in [6, 6.07) is 4.99. The van der Waals surface area contributed by atoms with Gasteiger partial charge in [0, 0.05) is 12.1 Å². The number of rotatable bonds is 6. The maximum Gasteiger partial charge on any atom is 0.266 e. The second-order valence-corrected chi connectivity index (χ2v) is 6.02. The minimum absolute atomic E-state index is 0.00166. The molecule has 0 saturated heterocycles. The lowest BCUT2D eigenvalue weighted by Gasteiger charge is -2.08. The maximum atomic E-state index is 13.9. The standard InChI is InChI=1S/C13H15FN2O4S/c1-3-6-19-10-4-5-12(11(14)8-10)21(17,18)16-13-7-9(2)20-15-13/h4-5,7-8H,3,6H2,1-2H3,(H,15,16). The SMILES string of the molecule is CCCOc1ccc(S(=O)(=O)Nc2cc(C)on2)c(F)c1. The zero-order valence-corrected chi connectivity index (χ0v) is 12.4. The van der Waals surface area contributed by atoms with Crippen LogP contribution in [0.2, 0.25) is 0 Å². The monoisotopic (exact) mass is 314 g/mol. The number of aryl methyl sites for hydroxylation is 1. The van der Waals surface area contributed by atoms with Crippen LogP contribution in [-0.4, -0.2) is 20.2 Å². The molecule has 0 bridgehead atoms. The van der Waals surface area contributed by atoms with Crippen molar-refractivity contribution in [1.82, 2.24) is 5.16 Å². The summed E-state index contributed by atoms with van der Waals surface area (Å²) in [4.78, 5) is -0.480. The average Bonchev–Trinajstić information content (AvgIpc) is 2.80. The van der Waals surface area contributed by atoms with Crippen molar-refractivity contribution in [2.75, 3.05) is 11.3 Å². The van der Waals surface area contributed by atoms with Crippen LogP contribution in [0.15, 0.2) is 33.7 Å². The Morgan fingerprint density at radius 3 is 2.71 bits per heavy atom. The number of hydrogen-bond donors (Lipinski definition) is 1. The number of aromatic nitrogens is 1. The highest BCUT2D eigenvalue weighted by atomic mass is 32.2. The molecule has 1 heterocycles. The van der Waals surface area contributed by atoms with Crippen LogP contribution in [0.1, 0.15) is 19.1 Å². The first kappa shape index (κ1) is 15.3. The van der Waals surface area contributed by atoms with Gasteiger partial charge in [-0.3, -0.25) is 4.72 Å². The van der Waals surface area contributed by atoms with Crippen LogP contribution in [-0.2, 0) is 10.0 Å². The molecule has 2 aromatic rings. The summed E-state index contributed by atoms with van der Waals surface area (Å²) in [5.74, 6) is -0.170. The van der Waals surface area contributed by atoms with Crippen LogP contribution in [0.5, 0.6) is 5.75 Å². The molecule has 0 amide bonds. The minimum atomic E-state index is -4.07. The van der Waals surface area contributed by atoms with Crippen molar-refractivity contribution in [2.45, 2.75) is 25.2 Å². The van der Waals surface area contributed by atoms with E-state index in [0.717, 1.165) is 18.6 Å². The summed E-state index contributed by atoms with van der Waals surface area (Å²) in [7, 11) is -4.07. The molecule has 2 rings (SSSR count). The Labute approximate surface area is 122 Å². The Morgan fingerprint density at radius 1 is 1.38 bits per heavy atom. The number of benzene rings is 1. The van der Waals surface area contributed by atoms with E-state index in [2.05, 4.69) is 9.88 Å². The molecule has 1 aromatic carbocycles. The fraction of sp³-hybridized carbons (Fsp3) is 0.308. The molecule has 21 heavy (non-hydrogen) atoms. The van der Waals surface area contributed by atoms with Crippen molar-refractivity contribution in [1.29, 1.82) is 0 Å². The van der Waals surface area contributed by atoms with Crippen molar-refractivity contribution in [3.63, 3.8) is 0 Å². The van der Waals surface area contributed by atoms with Gasteiger partial charge >= 0.3 is 0 Å². The molecular formula is C13H15FN2O4S. The largest absolute Gasteiger partial charge is 0.494 e. The van der Waals surface area contributed by atoms with E-state index < -0.39 is 20.7 Å². The lowest BCUT2D eigenvalue weighted by molar-refractivity contribution is 0.315. The van der Waals surface area contributed by atoms with Crippen LogP contribution in [0.25, 0.3) is 0 Å². The fourth-order valence-electron chi connectivity index (χ4n) is 1.62. The van der Waals surface area contributed by atoms with Crippen molar-refractivity contribution in [3.8, 4) is 5.75 Å². The zero-order valence-electron chi connectivity index (χ0n) is 11.6. The first-order valence-corrected chi connectivity index (χ1v) is 7.79. The fourth-order valence-corrected chi connectivity index (χ4v) is 2.66. The van der Waals surface area contributed by atoms with Crippen LogP contribution in [0, 0.1) is 12.7 Å². The van der Waals surface area contributed by atoms with Crippen LogP contribution in [0.3, 0.4) is 0 Å². The van der Waals surface area contributed by atoms with E-state index in [4.69, 9.17) is 9.26 Å². The Bertz CT molecular complexity index is 728. The van der Waals surface area contributed by atoms with Gasteiger partial charge in [-0.1, -0.05) is 12.1 Å². The normalized spacial score (nSPS) is 11.4. The first-order chi connectivity index (χ1) is 9.92. The molecule has 0 aliphatic heterocycles. The van der Waals surface area contributed by atoms with Gasteiger partial charge in [-0.05, 0) is 25.5 Å². The van der Waals surface area contributed by atoms with Gasteiger partial charge in [0.25, 0.3) is 10.0 Å². The Morgan fingerprint density at radius 2 is 2.14 bits per heavy atom. The van der Waals surface area contributed by atoms with Gasteiger partial charge in [-0.15, -0.1) is 0 Å². The molecule has 6 nitrogen and oxygen atoms in total. The van der Waals surface area contributed by atoms with Gasteiger partial charge in [-0.2, -0.15) is 0 Å². The molecule has 1 N–H and O–H groups in total. The van der Waals surface area contributed by atoms with Gasteiger partial charge in [0.1, 0.15) is 22.2 Å². The molecule has 0 radical (unpaired) electrons. The van der Waals surface area contributed by atoms with E-state index >= 15 is 0 Å². The third kappa shape index (κ3) is 3.72. The summed E-state index contributed by atoms with van der Waals surface area (Å²) in [6.07, 6.45) is 0.773. The molecule has 0 aliphatic carbocycles. The van der Waals surface area contributed by atoms with E-state index in [9.17, 15) is 12.8 Å². The van der Waals surface area contributed by atoms with E-state index in [1.165, 1.54) is 12.1 Å². The smallest absolute Gasteiger partial charge is 0.266 e. The predicted molar refractivity (Wildman–Crippen MR) is 74.2 cm³/mol. The number of ether oxygens (including phenoxy) is 1. The molecule has 0 aliphatic rings. The molecule has 114 valence electrons. The Kier molecular flexibility index (Phi) is 4.46.